The van der Waals surface area contributed by atoms with Crippen LogP contribution in [0.15, 0.2) is 15.3 Å². The van der Waals surface area contributed by atoms with Crippen LogP contribution in [0.2, 0.25) is 5.02 Å². The molecule has 1 amide bonds. The lowest BCUT2D eigenvalue weighted by molar-refractivity contribution is 0.142. The molecule has 3 rings (SSSR count). The largest absolute Gasteiger partial charge is 0.465 e. The summed E-state index contributed by atoms with van der Waals surface area (Å²) in [7, 11) is 0. The number of aromatic amines is 1. The molecule has 0 bridgehead atoms. The van der Waals surface area contributed by atoms with Gasteiger partial charge in [-0.05, 0) is 22.0 Å². The maximum atomic E-state index is 14.5. The molecule has 1 aliphatic rings. The highest BCUT2D eigenvalue weighted by Gasteiger charge is 2.26. The van der Waals surface area contributed by atoms with E-state index in [-0.39, 0.29) is 52.4 Å². The van der Waals surface area contributed by atoms with Gasteiger partial charge in [-0.2, -0.15) is 5.26 Å². The maximum absolute atomic E-state index is 14.5. The summed E-state index contributed by atoms with van der Waals surface area (Å²) in [6.07, 6.45) is -1.03. The van der Waals surface area contributed by atoms with Crippen LogP contribution in [-0.4, -0.2) is 47.3 Å². The molecule has 130 valence electrons. The van der Waals surface area contributed by atoms with Gasteiger partial charge in [0.2, 0.25) is 0 Å². The number of halogens is 3. The van der Waals surface area contributed by atoms with E-state index < -0.39 is 17.5 Å². The molecule has 1 aliphatic heterocycles. The standard InChI is InChI=1S/C15H11BrClFN4O3/c16-10-9(17)5-7-12(11(10)18)20-14(23)8(6-19)13(7)21-1-3-22(4-2-21)15(24)25/h5H,1-4H2,(H,20,23)(H,24,25). The van der Waals surface area contributed by atoms with Gasteiger partial charge in [-0.3, -0.25) is 4.79 Å². The van der Waals surface area contributed by atoms with Crippen LogP contribution in [0.1, 0.15) is 5.56 Å². The minimum absolute atomic E-state index is 0.0173. The third-order valence-electron chi connectivity index (χ3n) is 4.10. The van der Waals surface area contributed by atoms with Gasteiger partial charge in [0.25, 0.3) is 5.56 Å². The molecule has 2 heterocycles. The molecule has 0 radical (unpaired) electrons. The molecule has 2 N–H and O–H groups in total. The summed E-state index contributed by atoms with van der Waals surface area (Å²) in [5.74, 6) is -0.727. The minimum Gasteiger partial charge on any atom is -0.465 e. The zero-order valence-corrected chi connectivity index (χ0v) is 15.0. The summed E-state index contributed by atoms with van der Waals surface area (Å²) >= 11 is 9.06. The van der Waals surface area contributed by atoms with Crippen LogP contribution in [0.3, 0.4) is 0 Å². The van der Waals surface area contributed by atoms with Crippen molar-refractivity contribution in [3.63, 3.8) is 0 Å². The van der Waals surface area contributed by atoms with Gasteiger partial charge in [-0.25, -0.2) is 9.18 Å². The van der Waals surface area contributed by atoms with Crippen LogP contribution < -0.4 is 10.5 Å². The number of rotatable bonds is 1. The average molecular weight is 430 g/mol. The Kier molecular flexibility index (Phi) is 4.58. The SMILES string of the molecule is N#Cc1c(N2CCN(C(=O)O)CC2)c2cc(Cl)c(Br)c(F)c2[nH]c1=O. The van der Waals surface area contributed by atoms with Gasteiger partial charge in [0.1, 0.15) is 11.6 Å². The second kappa shape index (κ2) is 6.54. The lowest BCUT2D eigenvalue weighted by Crippen LogP contribution is -2.48. The predicted molar refractivity (Wildman–Crippen MR) is 93.8 cm³/mol. The molecule has 0 spiro atoms. The highest BCUT2D eigenvalue weighted by atomic mass is 79.9. The Labute approximate surface area is 154 Å². The van der Waals surface area contributed by atoms with Crippen LogP contribution in [-0.2, 0) is 0 Å². The summed E-state index contributed by atoms with van der Waals surface area (Å²) in [4.78, 5) is 28.6. The lowest BCUT2D eigenvalue weighted by Gasteiger charge is -2.35. The summed E-state index contributed by atoms with van der Waals surface area (Å²) in [6, 6.07) is 3.32. The first kappa shape index (κ1) is 17.5. The lowest BCUT2D eigenvalue weighted by atomic mass is 10.1. The van der Waals surface area contributed by atoms with Crippen molar-refractivity contribution in [1.82, 2.24) is 9.88 Å². The molecule has 25 heavy (non-hydrogen) atoms. The van der Waals surface area contributed by atoms with Gasteiger partial charge in [0, 0.05) is 31.6 Å². The first-order chi connectivity index (χ1) is 11.8. The van der Waals surface area contributed by atoms with Crippen LogP contribution in [0.4, 0.5) is 14.9 Å². The number of piperazine rings is 1. The monoisotopic (exact) mass is 428 g/mol. The zero-order valence-electron chi connectivity index (χ0n) is 12.6. The molecule has 1 fully saturated rings. The summed E-state index contributed by atoms with van der Waals surface area (Å²) in [5, 5.41) is 18.8. The van der Waals surface area contributed by atoms with E-state index in [0.29, 0.717) is 5.39 Å². The number of amides is 1. The van der Waals surface area contributed by atoms with Crippen LogP contribution >= 0.6 is 27.5 Å². The molecule has 1 saturated heterocycles. The topological polar surface area (TPSA) is 100 Å². The van der Waals surface area contributed by atoms with Gasteiger partial charge in [0.05, 0.1) is 20.7 Å². The van der Waals surface area contributed by atoms with Crippen LogP contribution in [0, 0.1) is 17.1 Å². The van der Waals surface area contributed by atoms with Gasteiger partial charge >= 0.3 is 6.09 Å². The predicted octanol–water partition coefficient (Wildman–Crippen LogP) is 2.75. The summed E-state index contributed by atoms with van der Waals surface area (Å²) in [6.45, 7) is 0.964. The Morgan fingerprint density at radius 3 is 2.60 bits per heavy atom. The minimum atomic E-state index is -1.03. The number of carbonyl (C=O) groups is 1. The van der Waals surface area contributed by atoms with E-state index in [1.54, 1.807) is 4.90 Å². The van der Waals surface area contributed by atoms with Gasteiger partial charge < -0.3 is 19.9 Å². The number of anilines is 1. The van der Waals surface area contributed by atoms with E-state index in [9.17, 15) is 19.2 Å². The van der Waals surface area contributed by atoms with Crippen molar-refractivity contribution in [3.05, 3.63) is 37.3 Å². The Bertz CT molecular complexity index is 980. The van der Waals surface area contributed by atoms with E-state index in [2.05, 4.69) is 20.9 Å². The fourth-order valence-corrected chi connectivity index (χ4v) is 3.38. The number of fused-ring (bicyclic) bond motifs is 1. The number of aromatic nitrogens is 1. The number of nitrogens with one attached hydrogen (secondary N) is 1. The number of carboxylic acid groups (broad SMARTS) is 1. The molecule has 1 aromatic heterocycles. The number of H-pyrrole nitrogens is 1. The van der Waals surface area contributed by atoms with E-state index >= 15 is 0 Å². The molecule has 10 heteroatoms. The third kappa shape index (κ3) is 2.92. The Balaban J connectivity index is 2.21. The zero-order chi connectivity index (χ0) is 18.3. The van der Waals surface area contributed by atoms with Gasteiger partial charge in [-0.1, -0.05) is 11.6 Å². The van der Waals surface area contributed by atoms with E-state index in [4.69, 9.17) is 16.7 Å². The van der Waals surface area contributed by atoms with Gasteiger partial charge in [-0.15, -0.1) is 0 Å². The van der Waals surface area contributed by atoms with Crippen LogP contribution in [0.25, 0.3) is 10.9 Å². The normalized spacial score (nSPS) is 14.6. The fourth-order valence-electron chi connectivity index (χ4n) is 2.88. The van der Waals surface area contributed by atoms with Crippen molar-refractivity contribution in [3.8, 4) is 6.07 Å². The average Bonchev–Trinajstić information content (AvgIpc) is 2.60. The van der Waals surface area contributed by atoms with Crippen molar-refractivity contribution in [2.24, 2.45) is 0 Å². The molecular formula is C15H11BrClFN4O3. The Morgan fingerprint density at radius 1 is 1.40 bits per heavy atom. The Hall–Kier alpha value is -2.31. The maximum Gasteiger partial charge on any atom is 0.407 e. The second-order valence-corrected chi connectivity index (χ2v) is 6.66. The molecule has 7 nitrogen and oxygen atoms in total. The number of nitrogens with zero attached hydrogens (tertiary/aromatic N) is 3. The second-order valence-electron chi connectivity index (χ2n) is 5.46. The van der Waals surface area contributed by atoms with Crippen molar-refractivity contribution < 1.29 is 14.3 Å². The van der Waals surface area contributed by atoms with Crippen molar-refractivity contribution >= 4 is 50.2 Å². The first-order valence-corrected chi connectivity index (χ1v) is 8.38. The number of hydrogen-bond donors (Lipinski definition) is 2. The van der Waals surface area contributed by atoms with Crippen molar-refractivity contribution in [1.29, 1.82) is 5.26 Å². The first-order valence-electron chi connectivity index (χ1n) is 7.21. The molecule has 0 saturated carbocycles. The van der Waals surface area contributed by atoms with Gasteiger partial charge in [0.15, 0.2) is 5.82 Å². The van der Waals surface area contributed by atoms with Crippen molar-refractivity contribution in [2.75, 3.05) is 31.1 Å². The fraction of sp³-hybridized carbons (Fsp3) is 0.267. The van der Waals surface area contributed by atoms with Crippen molar-refractivity contribution in [2.45, 2.75) is 0 Å². The Morgan fingerprint density at radius 2 is 2.04 bits per heavy atom. The molecule has 1 aromatic carbocycles. The molecular weight excluding hydrogens is 419 g/mol. The van der Waals surface area contributed by atoms with Crippen LogP contribution in [0.5, 0.6) is 0 Å². The summed E-state index contributed by atoms with van der Waals surface area (Å²) in [5.41, 5.74) is -0.664. The smallest absolute Gasteiger partial charge is 0.407 e. The molecule has 0 unspecified atom stereocenters. The number of nitriles is 1. The highest BCUT2D eigenvalue weighted by Crippen LogP contribution is 2.36. The van der Waals surface area contributed by atoms with E-state index in [1.807, 2.05) is 6.07 Å². The molecule has 0 atom stereocenters. The molecule has 0 aliphatic carbocycles. The number of hydrogen-bond acceptors (Lipinski definition) is 4. The summed E-state index contributed by atoms with van der Waals surface area (Å²) < 4.78 is 14.5. The quantitative estimate of drug-likeness (QED) is 0.679. The molecule has 2 aromatic rings. The number of pyridine rings is 1. The van der Waals surface area contributed by atoms with E-state index in [1.165, 1.54) is 11.0 Å². The highest BCUT2D eigenvalue weighted by molar-refractivity contribution is 9.10. The number of benzene rings is 1. The van der Waals surface area contributed by atoms with E-state index in [0.717, 1.165) is 0 Å². The third-order valence-corrected chi connectivity index (χ3v) is 5.40.